The van der Waals surface area contributed by atoms with Gasteiger partial charge in [-0.25, -0.2) is 14.6 Å². The first-order valence-corrected chi connectivity index (χ1v) is 7.63. The first-order chi connectivity index (χ1) is 11.7. The first kappa shape index (κ1) is 20.1. The maximum Gasteiger partial charge on any atom is 0.349 e. The van der Waals surface area contributed by atoms with Gasteiger partial charge in [0, 0.05) is 52.7 Å². The zero-order chi connectivity index (χ0) is 19.1. The van der Waals surface area contributed by atoms with Crippen LogP contribution in [0.2, 0.25) is 0 Å². The Morgan fingerprint density at radius 3 is 2.32 bits per heavy atom. The van der Waals surface area contributed by atoms with E-state index in [9.17, 15) is 9.59 Å². The highest BCUT2D eigenvalue weighted by Gasteiger charge is 2.05. The third-order valence-corrected chi connectivity index (χ3v) is 3.51. The minimum absolute atomic E-state index is 0.220. The van der Waals surface area contributed by atoms with Crippen molar-refractivity contribution in [3.8, 4) is 0 Å². The van der Waals surface area contributed by atoms with Gasteiger partial charge in [-0.2, -0.15) is 9.97 Å². The van der Waals surface area contributed by atoms with Crippen molar-refractivity contribution in [1.82, 2.24) is 24.0 Å². The van der Waals surface area contributed by atoms with Gasteiger partial charge in [0.25, 0.3) is 0 Å². The van der Waals surface area contributed by atoms with E-state index in [0.717, 1.165) is 11.3 Å². The van der Waals surface area contributed by atoms with Crippen molar-refractivity contribution in [2.45, 2.75) is 13.8 Å². The number of rotatable bonds is 3. The van der Waals surface area contributed by atoms with Gasteiger partial charge in [0.2, 0.25) is 0 Å². The molecule has 9 heteroatoms. The van der Waals surface area contributed by atoms with Crippen LogP contribution < -0.4 is 16.7 Å². The van der Waals surface area contributed by atoms with Crippen molar-refractivity contribution in [3.05, 3.63) is 44.5 Å². The van der Waals surface area contributed by atoms with E-state index in [4.69, 9.17) is 0 Å². The second-order valence-corrected chi connectivity index (χ2v) is 5.65. The lowest BCUT2D eigenvalue weighted by Crippen LogP contribution is -2.24. The van der Waals surface area contributed by atoms with Crippen LogP contribution in [-0.4, -0.2) is 51.5 Å². The van der Waals surface area contributed by atoms with Crippen LogP contribution in [0.25, 0.3) is 0 Å². The second kappa shape index (κ2) is 8.76. The largest absolute Gasteiger partial charge is 0.373 e. The molecule has 0 bridgehead atoms. The molecule has 0 aromatic carbocycles. The molecule has 2 heterocycles. The molecule has 0 aliphatic carbocycles. The fraction of sp³-hybridized carbons (Fsp3) is 0.438. The third kappa shape index (κ3) is 5.55. The summed E-state index contributed by atoms with van der Waals surface area (Å²) < 4.78 is 2.94. The number of aryl methyl sites for hydroxylation is 1. The van der Waals surface area contributed by atoms with Crippen LogP contribution in [0.5, 0.6) is 0 Å². The average Bonchev–Trinajstić information content (AvgIpc) is 2.57. The van der Waals surface area contributed by atoms with E-state index >= 15 is 0 Å². The summed E-state index contributed by atoms with van der Waals surface area (Å²) in [4.78, 5) is 35.6. The molecule has 2 aromatic rings. The zero-order valence-electron chi connectivity index (χ0n) is 15.7. The van der Waals surface area contributed by atoms with Crippen molar-refractivity contribution < 1.29 is 0 Å². The van der Waals surface area contributed by atoms with Crippen molar-refractivity contribution in [2.24, 2.45) is 19.1 Å². The minimum atomic E-state index is -0.298. The third-order valence-electron chi connectivity index (χ3n) is 3.51. The summed E-state index contributed by atoms with van der Waals surface area (Å²) in [5.41, 5.74) is 1.44. The Kier molecular flexibility index (Phi) is 7.04. The smallest absolute Gasteiger partial charge is 0.349 e. The zero-order valence-corrected chi connectivity index (χ0v) is 15.7. The van der Waals surface area contributed by atoms with E-state index in [1.165, 1.54) is 9.13 Å². The standard InChI is InChI=1S/C8H12N4O.C8H13N3O/c1-11(2)6-9-7-4-5-12(3)8(13)10-7;1-5-6(2)11(4)8(12)10-7(5)9-3/h4-6H,1-3H3;1-4H3,(H,9,10,12). The van der Waals surface area contributed by atoms with E-state index in [-0.39, 0.29) is 11.4 Å². The van der Waals surface area contributed by atoms with E-state index in [2.05, 4.69) is 20.3 Å². The summed E-state index contributed by atoms with van der Waals surface area (Å²) in [7, 11) is 8.83. The lowest BCUT2D eigenvalue weighted by Gasteiger charge is -2.09. The predicted octanol–water partition coefficient (Wildman–Crippen LogP) is 0.441. The molecule has 0 spiro atoms. The van der Waals surface area contributed by atoms with Crippen molar-refractivity contribution in [2.75, 3.05) is 26.5 Å². The Labute approximate surface area is 146 Å². The summed E-state index contributed by atoms with van der Waals surface area (Å²) in [5, 5.41) is 2.88. The number of hydrogen-bond acceptors (Lipinski definition) is 6. The summed E-state index contributed by atoms with van der Waals surface area (Å²) in [6.07, 6.45) is 3.24. The molecule has 2 rings (SSSR count). The number of aromatic nitrogens is 4. The highest BCUT2D eigenvalue weighted by molar-refractivity contribution is 5.58. The molecule has 0 aliphatic rings. The van der Waals surface area contributed by atoms with Gasteiger partial charge in [0.05, 0.1) is 6.34 Å². The quantitative estimate of drug-likeness (QED) is 0.639. The molecule has 0 aliphatic heterocycles. The van der Waals surface area contributed by atoms with Crippen molar-refractivity contribution >= 4 is 18.0 Å². The van der Waals surface area contributed by atoms with Gasteiger partial charge in [0.1, 0.15) is 5.82 Å². The Morgan fingerprint density at radius 1 is 1.16 bits per heavy atom. The molecule has 25 heavy (non-hydrogen) atoms. The topological polar surface area (TPSA) is 97.4 Å². The molecule has 2 aromatic heterocycles. The summed E-state index contributed by atoms with van der Waals surface area (Å²) in [6, 6.07) is 1.68. The molecule has 0 saturated carbocycles. The highest BCUT2D eigenvalue weighted by atomic mass is 16.1. The molecular formula is C16H25N7O2. The average molecular weight is 347 g/mol. The van der Waals surface area contributed by atoms with Crippen LogP contribution >= 0.6 is 0 Å². The normalized spacial score (nSPS) is 10.4. The molecular weight excluding hydrogens is 322 g/mol. The Balaban J connectivity index is 0.000000251. The summed E-state index contributed by atoms with van der Waals surface area (Å²) in [6.45, 7) is 3.84. The van der Waals surface area contributed by atoms with Gasteiger partial charge in [-0.3, -0.25) is 4.57 Å². The van der Waals surface area contributed by atoms with Gasteiger partial charge < -0.3 is 14.8 Å². The Hall–Kier alpha value is -2.97. The van der Waals surface area contributed by atoms with Gasteiger partial charge >= 0.3 is 11.4 Å². The number of nitrogens with zero attached hydrogens (tertiary/aromatic N) is 6. The van der Waals surface area contributed by atoms with Crippen LogP contribution in [0.15, 0.2) is 26.8 Å². The fourth-order valence-corrected chi connectivity index (χ4v) is 1.77. The van der Waals surface area contributed by atoms with E-state index in [1.54, 1.807) is 44.6 Å². The predicted molar refractivity (Wildman–Crippen MR) is 99.8 cm³/mol. The molecule has 136 valence electrons. The van der Waals surface area contributed by atoms with Gasteiger partial charge in [-0.1, -0.05) is 0 Å². The lowest BCUT2D eigenvalue weighted by atomic mass is 10.2. The summed E-state index contributed by atoms with van der Waals surface area (Å²) in [5.74, 6) is 1.09. The van der Waals surface area contributed by atoms with Crippen molar-refractivity contribution in [3.63, 3.8) is 0 Å². The maximum absolute atomic E-state index is 11.2. The van der Waals surface area contributed by atoms with Crippen LogP contribution in [0.3, 0.4) is 0 Å². The van der Waals surface area contributed by atoms with Crippen molar-refractivity contribution in [1.29, 1.82) is 0 Å². The number of hydrogen-bond donors (Lipinski definition) is 1. The number of aliphatic imine (C=N–C) groups is 1. The van der Waals surface area contributed by atoms with Crippen LogP contribution in [0.1, 0.15) is 11.3 Å². The molecule has 1 N–H and O–H groups in total. The Bertz CT molecular complexity index is 866. The Morgan fingerprint density at radius 2 is 1.80 bits per heavy atom. The van der Waals surface area contributed by atoms with Crippen LogP contribution in [0, 0.1) is 13.8 Å². The molecule has 0 saturated heterocycles. The van der Waals surface area contributed by atoms with E-state index in [1.807, 2.05) is 27.9 Å². The lowest BCUT2D eigenvalue weighted by molar-refractivity contribution is 0.642. The number of nitrogens with one attached hydrogen (secondary N) is 1. The highest BCUT2D eigenvalue weighted by Crippen LogP contribution is 2.10. The van der Waals surface area contributed by atoms with Gasteiger partial charge in [-0.05, 0) is 19.9 Å². The molecule has 0 amide bonds. The molecule has 9 nitrogen and oxygen atoms in total. The SMILES string of the molecule is CN(C)C=Nc1ccn(C)c(=O)n1.CNc1nc(=O)n(C)c(C)c1C. The maximum atomic E-state index is 11.2. The molecule has 0 atom stereocenters. The van der Waals surface area contributed by atoms with Gasteiger partial charge in [0.15, 0.2) is 5.82 Å². The molecule has 0 unspecified atom stereocenters. The van der Waals surface area contributed by atoms with E-state index in [0.29, 0.717) is 11.6 Å². The number of anilines is 1. The van der Waals surface area contributed by atoms with E-state index < -0.39 is 0 Å². The van der Waals surface area contributed by atoms with Crippen LogP contribution in [0.4, 0.5) is 11.6 Å². The molecule has 0 fully saturated rings. The fourth-order valence-electron chi connectivity index (χ4n) is 1.77. The minimum Gasteiger partial charge on any atom is -0.373 e. The molecule has 0 radical (unpaired) electrons. The monoisotopic (exact) mass is 347 g/mol. The second-order valence-electron chi connectivity index (χ2n) is 5.65. The van der Waals surface area contributed by atoms with Crippen LogP contribution in [-0.2, 0) is 14.1 Å². The van der Waals surface area contributed by atoms with Gasteiger partial charge in [-0.15, -0.1) is 0 Å². The summed E-state index contributed by atoms with van der Waals surface area (Å²) >= 11 is 0. The first-order valence-electron chi connectivity index (χ1n) is 7.63.